The summed E-state index contributed by atoms with van der Waals surface area (Å²) in [6.45, 7) is 1.93. The smallest absolute Gasteiger partial charge is 0.230 e. The Morgan fingerprint density at radius 2 is 2.26 bits per heavy atom. The van der Waals surface area contributed by atoms with Crippen molar-refractivity contribution in [2.75, 3.05) is 6.61 Å². The lowest BCUT2D eigenvalue weighted by Gasteiger charge is -2.41. The van der Waals surface area contributed by atoms with Gasteiger partial charge in [0.15, 0.2) is 0 Å². The second-order valence-corrected chi connectivity index (χ2v) is 5.64. The third kappa shape index (κ3) is 2.77. The van der Waals surface area contributed by atoms with Crippen LogP contribution >= 0.6 is 11.6 Å². The van der Waals surface area contributed by atoms with Gasteiger partial charge in [0.2, 0.25) is 5.91 Å². The van der Waals surface area contributed by atoms with Crippen molar-refractivity contribution in [1.29, 1.82) is 0 Å². The van der Waals surface area contributed by atoms with E-state index in [2.05, 4.69) is 5.32 Å². The highest BCUT2D eigenvalue weighted by atomic mass is 35.5. The number of halogens is 1. The third-order valence-corrected chi connectivity index (χ3v) is 4.30. The first-order valence-corrected chi connectivity index (χ1v) is 7.18. The molecule has 1 unspecified atom stereocenters. The van der Waals surface area contributed by atoms with Gasteiger partial charge in [-0.1, -0.05) is 37.1 Å². The highest BCUT2D eigenvalue weighted by Crippen LogP contribution is 2.44. The van der Waals surface area contributed by atoms with Crippen molar-refractivity contribution in [3.63, 3.8) is 0 Å². The molecule has 1 aliphatic rings. The number of nitrogens with one attached hydrogen (secondary N) is 1. The van der Waals surface area contributed by atoms with Gasteiger partial charge in [-0.05, 0) is 37.0 Å². The fraction of sp³-hybridized carbons (Fsp3) is 0.533. The van der Waals surface area contributed by atoms with E-state index in [0.29, 0.717) is 5.02 Å². The normalized spacial score (nSPS) is 18.5. The van der Waals surface area contributed by atoms with Crippen LogP contribution in [0.15, 0.2) is 24.3 Å². The molecule has 0 saturated heterocycles. The number of amides is 1. The van der Waals surface area contributed by atoms with E-state index in [4.69, 9.17) is 11.6 Å². The van der Waals surface area contributed by atoms with Gasteiger partial charge in [0.1, 0.15) is 0 Å². The van der Waals surface area contributed by atoms with Crippen LogP contribution in [0.2, 0.25) is 5.02 Å². The summed E-state index contributed by atoms with van der Waals surface area (Å²) in [7, 11) is 0. The molecule has 0 heterocycles. The second-order valence-electron chi connectivity index (χ2n) is 5.21. The molecule has 104 valence electrons. The zero-order valence-corrected chi connectivity index (χ0v) is 11.9. The minimum absolute atomic E-state index is 0.0157. The predicted octanol–water partition coefficient (Wildman–Crippen LogP) is 2.65. The molecule has 2 N–H and O–H groups in total. The molecule has 0 aliphatic heterocycles. The second kappa shape index (κ2) is 5.93. The molecule has 1 fully saturated rings. The van der Waals surface area contributed by atoms with Gasteiger partial charge < -0.3 is 10.4 Å². The fourth-order valence-electron chi connectivity index (χ4n) is 2.56. The molecule has 1 aromatic carbocycles. The van der Waals surface area contributed by atoms with Crippen LogP contribution in [0.5, 0.6) is 0 Å². The van der Waals surface area contributed by atoms with E-state index in [1.54, 1.807) is 0 Å². The fourth-order valence-corrected chi connectivity index (χ4v) is 2.75. The summed E-state index contributed by atoms with van der Waals surface area (Å²) in [5, 5.41) is 12.8. The van der Waals surface area contributed by atoms with Gasteiger partial charge in [-0.15, -0.1) is 0 Å². The van der Waals surface area contributed by atoms with Crippen molar-refractivity contribution in [3.05, 3.63) is 34.9 Å². The SMILES string of the molecule is CCC(CO)NC(=O)C1(c2cccc(Cl)c2)CCC1. The highest BCUT2D eigenvalue weighted by Gasteiger charge is 2.45. The molecule has 4 heteroatoms. The average molecular weight is 282 g/mol. The maximum Gasteiger partial charge on any atom is 0.230 e. The Bertz CT molecular complexity index is 453. The zero-order valence-electron chi connectivity index (χ0n) is 11.2. The van der Waals surface area contributed by atoms with Gasteiger partial charge in [0.05, 0.1) is 18.1 Å². The Morgan fingerprint density at radius 1 is 1.53 bits per heavy atom. The van der Waals surface area contributed by atoms with Gasteiger partial charge in [0.25, 0.3) is 0 Å². The Labute approximate surface area is 119 Å². The van der Waals surface area contributed by atoms with Gasteiger partial charge in [0, 0.05) is 5.02 Å². The van der Waals surface area contributed by atoms with Crippen LogP contribution in [0, 0.1) is 0 Å². The number of hydrogen-bond acceptors (Lipinski definition) is 2. The van der Waals surface area contributed by atoms with Crippen LogP contribution in [0.4, 0.5) is 0 Å². The molecule has 1 atom stereocenters. The van der Waals surface area contributed by atoms with Crippen molar-refractivity contribution in [2.24, 2.45) is 0 Å². The first-order chi connectivity index (χ1) is 9.12. The van der Waals surface area contributed by atoms with Crippen LogP contribution in [0.1, 0.15) is 38.2 Å². The van der Waals surface area contributed by atoms with Crippen molar-refractivity contribution >= 4 is 17.5 Å². The van der Waals surface area contributed by atoms with Gasteiger partial charge in [-0.25, -0.2) is 0 Å². The summed E-state index contributed by atoms with van der Waals surface area (Å²) in [4.78, 5) is 12.5. The lowest BCUT2D eigenvalue weighted by molar-refractivity contribution is -0.131. The van der Waals surface area contributed by atoms with E-state index in [1.165, 1.54) is 0 Å². The lowest BCUT2D eigenvalue weighted by Crippen LogP contribution is -2.52. The van der Waals surface area contributed by atoms with E-state index in [1.807, 2.05) is 31.2 Å². The molecule has 0 aromatic heterocycles. The molecule has 1 aliphatic carbocycles. The largest absolute Gasteiger partial charge is 0.394 e. The first kappa shape index (κ1) is 14.4. The summed E-state index contributed by atoms with van der Waals surface area (Å²) in [5.41, 5.74) is 0.532. The van der Waals surface area contributed by atoms with Gasteiger partial charge >= 0.3 is 0 Å². The number of rotatable bonds is 5. The monoisotopic (exact) mass is 281 g/mol. The molecule has 19 heavy (non-hydrogen) atoms. The maximum absolute atomic E-state index is 12.5. The molecule has 1 amide bonds. The van der Waals surface area contributed by atoms with Crippen LogP contribution in [0.25, 0.3) is 0 Å². The summed E-state index contributed by atoms with van der Waals surface area (Å²) < 4.78 is 0. The molecule has 0 spiro atoms. The molecular formula is C15H20ClNO2. The zero-order chi connectivity index (χ0) is 13.9. The Hall–Kier alpha value is -1.06. The number of aliphatic hydroxyl groups excluding tert-OH is 1. The molecule has 3 nitrogen and oxygen atoms in total. The van der Waals surface area contributed by atoms with Crippen molar-refractivity contribution < 1.29 is 9.90 Å². The van der Waals surface area contributed by atoms with E-state index in [9.17, 15) is 9.90 Å². The van der Waals surface area contributed by atoms with E-state index in [-0.39, 0.29) is 18.6 Å². The van der Waals surface area contributed by atoms with Crippen LogP contribution in [-0.2, 0) is 10.2 Å². The number of carbonyl (C=O) groups is 1. The Balaban J connectivity index is 2.20. The first-order valence-electron chi connectivity index (χ1n) is 6.80. The standard InChI is InChI=1S/C15H20ClNO2/c1-2-13(10-18)17-14(19)15(7-4-8-15)11-5-3-6-12(16)9-11/h3,5-6,9,13,18H,2,4,7-8,10H2,1H3,(H,17,19). The molecular weight excluding hydrogens is 262 g/mol. The molecule has 0 bridgehead atoms. The molecule has 2 rings (SSSR count). The summed E-state index contributed by atoms with van der Waals surface area (Å²) in [5.74, 6) is 0.0157. The molecule has 0 radical (unpaired) electrons. The van der Waals surface area contributed by atoms with Crippen LogP contribution in [-0.4, -0.2) is 23.7 Å². The van der Waals surface area contributed by atoms with E-state index < -0.39 is 5.41 Å². The number of carbonyl (C=O) groups excluding carboxylic acids is 1. The van der Waals surface area contributed by atoms with Crippen LogP contribution < -0.4 is 5.32 Å². The number of hydrogen-bond donors (Lipinski definition) is 2. The average Bonchev–Trinajstić information content (AvgIpc) is 2.34. The number of aliphatic hydroxyl groups is 1. The predicted molar refractivity (Wildman–Crippen MR) is 76.3 cm³/mol. The van der Waals surface area contributed by atoms with E-state index in [0.717, 1.165) is 31.2 Å². The Kier molecular flexibility index (Phi) is 4.48. The minimum atomic E-state index is -0.451. The summed E-state index contributed by atoms with van der Waals surface area (Å²) >= 11 is 6.03. The van der Waals surface area contributed by atoms with Crippen molar-refractivity contribution in [1.82, 2.24) is 5.32 Å². The van der Waals surface area contributed by atoms with E-state index >= 15 is 0 Å². The quantitative estimate of drug-likeness (QED) is 0.872. The summed E-state index contributed by atoms with van der Waals surface area (Å²) in [6.07, 6.45) is 3.48. The van der Waals surface area contributed by atoms with Gasteiger partial charge in [-0.2, -0.15) is 0 Å². The van der Waals surface area contributed by atoms with Crippen LogP contribution in [0.3, 0.4) is 0 Å². The molecule has 1 aromatic rings. The third-order valence-electron chi connectivity index (χ3n) is 4.07. The number of benzene rings is 1. The van der Waals surface area contributed by atoms with Gasteiger partial charge in [-0.3, -0.25) is 4.79 Å². The lowest BCUT2D eigenvalue weighted by atomic mass is 9.63. The van der Waals surface area contributed by atoms with Crippen molar-refractivity contribution in [2.45, 2.75) is 44.1 Å². The van der Waals surface area contributed by atoms with Crippen molar-refractivity contribution in [3.8, 4) is 0 Å². The molecule has 1 saturated carbocycles. The Morgan fingerprint density at radius 3 is 2.74 bits per heavy atom. The minimum Gasteiger partial charge on any atom is -0.394 e. The maximum atomic E-state index is 12.5. The highest BCUT2D eigenvalue weighted by molar-refractivity contribution is 6.30. The summed E-state index contributed by atoms with van der Waals surface area (Å²) in [6, 6.07) is 7.38. The topological polar surface area (TPSA) is 49.3 Å².